The Morgan fingerprint density at radius 2 is 1.95 bits per heavy atom. The van der Waals surface area contributed by atoms with Crippen molar-refractivity contribution in [2.75, 3.05) is 49.2 Å². The van der Waals surface area contributed by atoms with E-state index in [2.05, 4.69) is 46.0 Å². The van der Waals surface area contributed by atoms with E-state index < -0.39 is 0 Å². The van der Waals surface area contributed by atoms with Gasteiger partial charge in [-0.1, -0.05) is 17.7 Å². The number of nitrogen functional groups attached to an aromatic ring is 1. The molecule has 1 aromatic carbocycles. The standard InChI is InChI=1S/C28H37ClFN7O2/c1-17-14-37(15-18(2)35(17)4)23-13-21(30)20(12-22(23)34-26-24(31)25(29)32-16-33-26)19-6-10-36(11-7-19)27(38)39-28(3)8-5-9-28/h6,12-13,16-18H,5,7-11,14-15,31H2,1-4H3,(H,32,33,34)/t17-,18+. The van der Waals surface area contributed by atoms with Gasteiger partial charge in [-0.25, -0.2) is 19.2 Å². The van der Waals surface area contributed by atoms with Crippen molar-refractivity contribution in [1.82, 2.24) is 19.8 Å². The first kappa shape index (κ1) is 27.5. The van der Waals surface area contributed by atoms with Crippen LogP contribution in [0.4, 0.5) is 32.1 Å². The quantitative estimate of drug-likeness (QED) is 0.478. The van der Waals surface area contributed by atoms with Gasteiger partial charge in [0.2, 0.25) is 0 Å². The Hall–Kier alpha value is -3.11. The molecule has 0 spiro atoms. The molecule has 1 aliphatic carbocycles. The summed E-state index contributed by atoms with van der Waals surface area (Å²) in [6.45, 7) is 8.63. The third-order valence-corrected chi connectivity index (χ3v) is 8.73. The normalized spacial score (nSPS) is 23.2. The molecule has 5 rings (SSSR count). The highest BCUT2D eigenvalue weighted by molar-refractivity contribution is 6.32. The fraction of sp³-hybridized carbons (Fsp3) is 0.536. The monoisotopic (exact) mass is 557 g/mol. The van der Waals surface area contributed by atoms with Gasteiger partial charge in [-0.15, -0.1) is 0 Å². The average molecular weight is 558 g/mol. The topological polar surface area (TPSA) is 99.8 Å². The molecule has 2 atom stereocenters. The number of nitrogens with one attached hydrogen (secondary N) is 1. The maximum atomic E-state index is 15.8. The molecule has 1 aromatic heterocycles. The van der Waals surface area contributed by atoms with E-state index in [4.69, 9.17) is 22.1 Å². The minimum absolute atomic E-state index is 0.149. The lowest BCUT2D eigenvalue weighted by Gasteiger charge is -2.44. The Morgan fingerprint density at radius 3 is 2.56 bits per heavy atom. The maximum absolute atomic E-state index is 15.8. The Labute approximate surface area is 234 Å². The van der Waals surface area contributed by atoms with Gasteiger partial charge in [0.05, 0.1) is 11.4 Å². The first-order valence-electron chi connectivity index (χ1n) is 13.6. The average Bonchev–Trinajstić information content (AvgIpc) is 2.89. The van der Waals surface area contributed by atoms with Crippen LogP contribution in [0.15, 0.2) is 24.5 Å². The van der Waals surface area contributed by atoms with E-state index in [1.807, 2.05) is 19.1 Å². The number of benzene rings is 1. The molecule has 2 fully saturated rings. The molecule has 0 bridgehead atoms. The van der Waals surface area contributed by atoms with Crippen molar-refractivity contribution in [2.45, 2.75) is 64.1 Å². The Morgan fingerprint density at radius 1 is 1.23 bits per heavy atom. The molecule has 1 saturated carbocycles. The second-order valence-electron chi connectivity index (χ2n) is 11.3. The van der Waals surface area contributed by atoms with Crippen LogP contribution in [0.3, 0.4) is 0 Å². The number of carbonyl (C=O) groups is 1. The Kier molecular flexibility index (Phi) is 7.61. The second-order valence-corrected chi connectivity index (χ2v) is 11.6. The zero-order valence-corrected chi connectivity index (χ0v) is 23.8. The maximum Gasteiger partial charge on any atom is 0.410 e. The molecule has 1 saturated heterocycles. The van der Waals surface area contributed by atoms with Crippen molar-refractivity contribution >= 4 is 46.1 Å². The van der Waals surface area contributed by atoms with Crippen LogP contribution in [0, 0.1) is 5.82 Å². The van der Waals surface area contributed by atoms with Crippen LogP contribution in [0.1, 0.15) is 52.0 Å². The van der Waals surface area contributed by atoms with E-state index in [1.54, 1.807) is 11.0 Å². The van der Waals surface area contributed by atoms with Crippen LogP contribution in [0.5, 0.6) is 0 Å². The van der Waals surface area contributed by atoms with Crippen LogP contribution < -0.4 is 16.0 Å². The number of hydrogen-bond donors (Lipinski definition) is 2. The number of ether oxygens (including phenoxy) is 1. The van der Waals surface area contributed by atoms with Crippen LogP contribution in [-0.2, 0) is 4.74 Å². The van der Waals surface area contributed by atoms with Crippen LogP contribution >= 0.6 is 11.6 Å². The summed E-state index contributed by atoms with van der Waals surface area (Å²) in [7, 11) is 2.11. The van der Waals surface area contributed by atoms with E-state index in [9.17, 15) is 4.79 Å². The van der Waals surface area contributed by atoms with Gasteiger partial charge in [0.25, 0.3) is 0 Å². The number of nitrogens with zero attached hydrogens (tertiary/aromatic N) is 5. The third-order valence-electron chi connectivity index (χ3n) is 8.43. The summed E-state index contributed by atoms with van der Waals surface area (Å²) in [6, 6.07) is 3.97. The summed E-state index contributed by atoms with van der Waals surface area (Å²) < 4.78 is 21.5. The highest BCUT2D eigenvalue weighted by Crippen LogP contribution is 2.39. The molecule has 1 amide bonds. The smallest absolute Gasteiger partial charge is 0.410 e. The predicted octanol–water partition coefficient (Wildman–Crippen LogP) is 5.29. The molecule has 11 heteroatoms. The van der Waals surface area contributed by atoms with E-state index in [1.165, 1.54) is 6.33 Å². The van der Waals surface area contributed by atoms with Crippen molar-refractivity contribution in [1.29, 1.82) is 0 Å². The zero-order chi connectivity index (χ0) is 27.9. The molecule has 3 aliphatic rings. The van der Waals surface area contributed by atoms with E-state index in [-0.39, 0.29) is 40.4 Å². The molecule has 3 N–H and O–H groups in total. The van der Waals surface area contributed by atoms with E-state index in [0.717, 1.165) is 43.6 Å². The number of aromatic nitrogens is 2. The van der Waals surface area contributed by atoms with Gasteiger partial charge in [-0.2, -0.15) is 0 Å². The van der Waals surface area contributed by atoms with Crippen molar-refractivity contribution < 1.29 is 13.9 Å². The number of rotatable bonds is 5. The predicted molar refractivity (Wildman–Crippen MR) is 153 cm³/mol. The van der Waals surface area contributed by atoms with Crippen LogP contribution in [0.25, 0.3) is 5.57 Å². The number of amides is 1. The summed E-state index contributed by atoms with van der Waals surface area (Å²) in [5.74, 6) is 0.0489. The first-order chi connectivity index (χ1) is 18.5. The van der Waals surface area contributed by atoms with Gasteiger partial charge in [0.1, 0.15) is 23.4 Å². The molecule has 39 heavy (non-hydrogen) atoms. The van der Waals surface area contributed by atoms with Crippen molar-refractivity contribution in [3.8, 4) is 0 Å². The molecule has 0 radical (unpaired) electrons. The first-order valence-corrected chi connectivity index (χ1v) is 13.9. The Bertz CT molecular complexity index is 1270. The van der Waals surface area contributed by atoms with Crippen molar-refractivity contribution in [3.63, 3.8) is 0 Å². The lowest BCUT2D eigenvalue weighted by molar-refractivity contribution is -0.0466. The lowest BCUT2D eigenvalue weighted by Crippen LogP contribution is -2.55. The van der Waals surface area contributed by atoms with Crippen LogP contribution in [0.2, 0.25) is 5.15 Å². The molecule has 2 aliphatic heterocycles. The van der Waals surface area contributed by atoms with Gasteiger partial charge >= 0.3 is 6.09 Å². The number of anilines is 4. The second kappa shape index (κ2) is 10.8. The summed E-state index contributed by atoms with van der Waals surface area (Å²) in [4.78, 5) is 27.1. The van der Waals surface area contributed by atoms with Gasteiger partial charge in [-0.05, 0) is 71.2 Å². The van der Waals surface area contributed by atoms with Gasteiger partial charge in [0, 0.05) is 43.8 Å². The molecule has 9 nitrogen and oxygen atoms in total. The molecular weight excluding hydrogens is 521 g/mol. The molecule has 210 valence electrons. The highest BCUT2D eigenvalue weighted by Gasteiger charge is 2.37. The minimum Gasteiger partial charge on any atom is -0.443 e. The summed E-state index contributed by atoms with van der Waals surface area (Å²) in [5.41, 5.74) is 8.76. The van der Waals surface area contributed by atoms with E-state index in [0.29, 0.717) is 36.6 Å². The number of piperazine rings is 1. The summed E-state index contributed by atoms with van der Waals surface area (Å²) in [5, 5.41) is 3.45. The van der Waals surface area contributed by atoms with E-state index >= 15 is 4.39 Å². The largest absolute Gasteiger partial charge is 0.443 e. The third kappa shape index (κ3) is 5.63. The van der Waals surface area contributed by atoms with Gasteiger partial charge in [0.15, 0.2) is 11.0 Å². The number of hydrogen-bond acceptors (Lipinski definition) is 8. The highest BCUT2D eigenvalue weighted by atomic mass is 35.5. The zero-order valence-electron chi connectivity index (χ0n) is 23.0. The molecular formula is C28H37ClFN7O2. The number of nitrogens with two attached hydrogens (primary N) is 1. The van der Waals surface area contributed by atoms with Gasteiger partial charge in [-0.3, -0.25) is 4.90 Å². The van der Waals surface area contributed by atoms with Crippen LogP contribution in [-0.4, -0.2) is 76.8 Å². The molecule has 2 aromatic rings. The van der Waals surface area contributed by atoms with Crippen molar-refractivity contribution in [2.24, 2.45) is 0 Å². The lowest BCUT2D eigenvalue weighted by atomic mass is 9.82. The Balaban J connectivity index is 1.44. The summed E-state index contributed by atoms with van der Waals surface area (Å²) in [6.07, 6.45) is 6.34. The van der Waals surface area contributed by atoms with Gasteiger partial charge < -0.3 is 25.6 Å². The fourth-order valence-electron chi connectivity index (χ4n) is 5.50. The number of halogens is 2. The minimum atomic E-state index is -0.354. The summed E-state index contributed by atoms with van der Waals surface area (Å²) >= 11 is 6.15. The number of carbonyl (C=O) groups excluding carboxylic acids is 1. The molecule has 0 unspecified atom stereocenters. The SMILES string of the molecule is C[C@@H]1CN(c2cc(F)c(C3=CCN(C(=O)OC4(C)CCC4)CC3)cc2Nc2ncnc(Cl)c2N)C[C@H](C)N1C. The van der Waals surface area contributed by atoms with Crippen molar-refractivity contribution in [3.05, 3.63) is 41.1 Å². The number of likely N-dealkylation sites (N-methyl/N-ethyl adjacent to an activating group) is 1. The molecule has 3 heterocycles. The fourth-order valence-corrected chi connectivity index (χ4v) is 5.64.